The fourth-order valence-electron chi connectivity index (χ4n) is 2.42. The van der Waals surface area contributed by atoms with Crippen molar-refractivity contribution in [2.75, 3.05) is 19.6 Å². The molecule has 1 saturated heterocycles. The molecule has 93 valence electrons. The van der Waals surface area contributed by atoms with E-state index in [1.165, 1.54) is 71.0 Å². The van der Waals surface area contributed by atoms with Crippen molar-refractivity contribution in [3.05, 3.63) is 0 Å². The second kappa shape index (κ2) is 9.83. The molecule has 2 nitrogen and oxygen atoms in total. The smallest absolute Gasteiger partial charge is 0.198 e. The Hall–Kier alpha value is -0.370. The first-order valence-corrected chi connectivity index (χ1v) is 7.01. The van der Waals surface area contributed by atoms with Crippen LogP contribution in [0, 0.1) is 0 Å². The van der Waals surface area contributed by atoms with Gasteiger partial charge in [0, 0.05) is 6.42 Å². The topological polar surface area (TPSA) is 20.3 Å². The molecule has 0 aromatic carbocycles. The van der Waals surface area contributed by atoms with Gasteiger partial charge in [-0.25, -0.2) is 0 Å². The summed E-state index contributed by atoms with van der Waals surface area (Å²) in [4.78, 5) is 12.6. The minimum atomic E-state index is 0.633. The van der Waals surface area contributed by atoms with E-state index in [0.717, 1.165) is 6.42 Å². The van der Waals surface area contributed by atoms with Crippen molar-refractivity contribution in [3.8, 4) is 0 Å². The zero-order chi connectivity index (χ0) is 11.5. The lowest BCUT2D eigenvalue weighted by Gasteiger charge is -2.26. The van der Waals surface area contributed by atoms with E-state index in [4.69, 9.17) is 0 Å². The van der Waals surface area contributed by atoms with Crippen LogP contribution in [0.25, 0.3) is 0 Å². The maximum atomic E-state index is 9.98. The maximum absolute atomic E-state index is 9.98. The molecule has 1 aliphatic heterocycles. The molecule has 0 aromatic heterocycles. The Morgan fingerprint density at radius 2 is 1.44 bits per heavy atom. The van der Waals surface area contributed by atoms with Crippen LogP contribution < -0.4 is 0 Å². The summed E-state index contributed by atoms with van der Waals surface area (Å²) in [7, 11) is 0. The van der Waals surface area contributed by atoms with Crippen LogP contribution in [0.3, 0.4) is 0 Å². The molecule has 0 aliphatic carbocycles. The summed E-state index contributed by atoms with van der Waals surface area (Å²) in [6.45, 7) is 3.96. The standard InChI is InChI=1S/C14H26NO/c16-14-10-5-3-1-2-4-7-11-15-12-8-6-9-13-15/h1-13H2. The average molecular weight is 224 g/mol. The van der Waals surface area contributed by atoms with Gasteiger partial charge in [-0.3, -0.25) is 4.79 Å². The van der Waals surface area contributed by atoms with Gasteiger partial charge in [0.1, 0.15) is 0 Å². The van der Waals surface area contributed by atoms with Crippen LogP contribution in [0.5, 0.6) is 0 Å². The fraction of sp³-hybridized carbons (Fsp3) is 0.929. The fourth-order valence-corrected chi connectivity index (χ4v) is 2.42. The summed E-state index contributed by atoms with van der Waals surface area (Å²) >= 11 is 0. The van der Waals surface area contributed by atoms with Gasteiger partial charge in [-0.2, -0.15) is 0 Å². The van der Waals surface area contributed by atoms with Crippen molar-refractivity contribution in [2.45, 2.75) is 64.2 Å². The quantitative estimate of drug-likeness (QED) is 0.560. The van der Waals surface area contributed by atoms with Gasteiger partial charge in [0.15, 0.2) is 6.29 Å². The third-order valence-corrected chi connectivity index (χ3v) is 3.45. The Bertz CT molecular complexity index is 164. The minimum absolute atomic E-state index is 0.633. The number of nitrogens with zero attached hydrogens (tertiary/aromatic N) is 1. The lowest BCUT2D eigenvalue weighted by Crippen LogP contribution is -2.30. The van der Waals surface area contributed by atoms with E-state index in [1.54, 1.807) is 0 Å². The summed E-state index contributed by atoms with van der Waals surface area (Å²) in [5.74, 6) is 0. The van der Waals surface area contributed by atoms with Gasteiger partial charge in [-0.1, -0.05) is 32.1 Å². The van der Waals surface area contributed by atoms with E-state index < -0.39 is 0 Å². The SMILES string of the molecule is O=[C]CCCCCCCCN1CCCCC1. The van der Waals surface area contributed by atoms with E-state index in [-0.39, 0.29) is 0 Å². The normalized spacial score (nSPS) is 17.5. The summed E-state index contributed by atoms with van der Waals surface area (Å²) in [6.07, 6.45) is 14.4. The largest absolute Gasteiger partial charge is 0.303 e. The Balaban J connectivity index is 1.78. The number of likely N-dealkylation sites (tertiary alicyclic amines) is 1. The van der Waals surface area contributed by atoms with E-state index in [0.29, 0.717) is 6.42 Å². The lowest BCUT2D eigenvalue weighted by molar-refractivity contribution is 0.224. The molecular formula is C14H26NO. The van der Waals surface area contributed by atoms with Crippen molar-refractivity contribution in [3.63, 3.8) is 0 Å². The van der Waals surface area contributed by atoms with Crippen LogP contribution in [0.4, 0.5) is 0 Å². The molecule has 0 amide bonds. The van der Waals surface area contributed by atoms with Gasteiger partial charge in [0.2, 0.25) is 0 Å². The van der Waals surface area contributed by atoms with Crippen molar-refractivity contribution >= 4 is 6.29 Å². The van der Waals surface area contributed by atoms with Crippen LogP contribution >= 0.6 is 0 Å². The maximum Gasteiger partial charge on any atom is 0.198 e. The van der Waals surface area contributed by atoms with Crippen LogP contribution in [-0.4, -0.2) is 30.8 Å². The number of piperidine rings is 1. The zero-order valence-corrected chi connectivity index (χ0v) is 10.5. The molecule has 16 heavy (non-hydrogen) atoms. The highest BCUT2D eigenvalue weighted by atomic mass is 16.1. The van der Waals surface area contributed by atoms with Gasteiger partial charge >= 0.3 is 0 Å². The Kier molecular flexibility index (Phi) is 8.41. The summed E-state index contributed by atoms with van der Waals surface area (Å²) in [5, 5.41) is 0. The van der Waals surface area contributed by atoms with Crippen molar-refractivity contribution in [1.29, 1.82) is 0 Å². The molecule has 0 bridgehead atoms. The second-order valence-corrected chi connectivity index (χ2v) is 4.92. The third-order valence-electron chi connectivity index (χ3n) is 3.45. The molecule has 0 spiro atoms. The Morgan fingerprint density at radius 1 is 0.812 bits per heavy atom. The number of hydrogen-bond donors (Lipinski definition) is 0. The number of rotatable bonds is 9. The summed E-state index contributed by atoms with van der Waals surface area (Å²) in [6, 6.07) is 0. The van der Waals surface area contributed by atoms with Gasteiger partial charge in [-0.05, 0) is 45.3 Å². The lowest BCUT2D eigenvalue weighted by atomic mass is 10.1. The molecule has 0 N–H and O–H groups in total. The monoisotopic (exact) mass is 224 g/mol. The molecule has 0 unspecified atom stereocenters. The second-order valence-electron chi connectivity index (χ2n) is 4.92. The van der Waals surface area contributed by atoms with Gasteiger partial charge < -0.3 is 4.90 Å². The van der Waals surface area contributed by atoms with Gasteiger partial charge in [0.25, 0.3) is 0 Å². The molecule has 1 aliphatic rings. The predicted octanol–water partition coefficient (Wildman–Crippen LogP) is 3.31. The van der Waals surface area contributed by atoms with Crippen LogP contribution in [0.1, 0.15) is 64.2 Å². The highest BCUT2D eigenvalue weighted by Crippen LogP contribution is 2.11. The van der Waals surface area contributed by atoms with Crippen molar-refractivity contribution in [2.24, 2.45) is 0 Å². The number of hydrogen-bond acceptors (Lipinski definition) is 2. The molecule has 1 fully saturated rings. The van der Waals surface area contributed by atoms with Crippen molar-refractivity contribution < 1.29 is 4.79 Å². The van der Waals surface area contributed by atoms with E-state index in [2.05, 4.69) is 4.90 Å². The number of carbonyl (C=O) groups excluding carboxylic acids is 1. The van der Waals surface area contributed by atoms with E-state index in [1.807, 2.05) is 6.29 Å². The molecule has 1 rings (SSSR count). The molecule has 1 radical (unpaired) electrons. The van der Waals surface area contributed by atoms with Crippen LogP contribution in [0.2, 0.25) is 0 Å². The van der Waals surface area contributed by atoms with E-state index >= 15 is 0 Å². The van der Waals surface area contributed by atoms with Crippen molar-refractivity contribution in [1.82, 2.24) is 4.90 Å². The Morgan fingerprint density at radius 3 is 2.12 bits per heavy atom. The summed E-state index contributed by atoms with van der Waals surface area (Å²) in [5.41, 5.74) is 0. The first-order valence-electron chi connectivity index (χ1n) is 7.01. The summed E-state index contributed by atoms with van der Waals surface area (Å²) < 4.78 is 0. The van der Waals surface area contributed by atoms with Crippen LogP contribution in [0.15, 0.2) is 0 Å². The minimum Gasteiger partial charge on any atom is -0.303 e. The first kappa shape index (κ1) is 13.7. The third kappa shape index (κ3) is 7.00. The first-order chi connectivity index (χ1) is 7.93. The average Bonchev–Trinajstić information content (AvgIpc) is 2.34. The zero-order valence-electron chi connectivity index (χ0n) is 10.5. The van der Waals surface area contributed by atoms with Gasteiger partial charge in [0.05, 0.1) is 0 Å². The highest BCUT2D eigenvalue weighted by Gasteiger charge is 2.08. The molecule has 1 heterocycles. The molecule has 0 atom stereocenters. The van der Waals surface area contributed by atoms with Crippen LogP contribution in [-0.2, 0) is 4.79 Å². The Labute approximate surface area is 100 Å². The molecule has 2 heteroatoms. The molecule has 0 aromatic rings. The molecule has 0 saturated carbocycles. The van der Waals surface area contributed by atoms with E-state index in [9.17, 15) is 4.79 Å². The van der Waals surface area contributed by atoms with Gasteiger partial charge in [-0.15, -0.1) is 0 Å². The highest BCUT2D eigenvalue weighted by molar-refractivity contribution is 5.50. The predicted molar refractivity (Wildman–Crippen MR) is 68.3 cm³/mol. The number of unbranched alkanes of at least 4 members (excludes halogenated alkanes) is 6. The molecular weight excluding hydrogens is 198 g/mol.